The maximum atomic E-state index is 13.2. The van der Waals surface area contributed by atoms with E-state index >= 15 is 0 Å². The molecule has 21 heavy (non-hydrogen) atoms. The van der Waals surface area contributed by atoms with Gasteiger partial charge in [0.15, 0.2) is 0 Å². The number of hydrogen-bond donors (Lipinski definition) is 1. The Morgan fingerprint density at radius 3 is 2.62 bits per heavy atom. The third-order valence-electron chi connectivity index (χ3n) is 2.93. The quantitative estimate of drug-likeness (QED) is 0.915. The Kier molecular flexibility index (Phi) is 4.58. The van der Waals surface area contributed by atoms with Crippen LogP contribution in [0.1, 0.15) is 32.0 Å². The van der Waals surface area contributed by atoms with Crippen molar-refractivity contribution in [3.63, 3.8) is 0 Å². The number of rotatable bonds is 4. The number of halogens is 1. The molecule has 0 fully saturated rings. The van der Waals surface area contributed by atoms with Gasteiger partial charge in [-0.3, -0.25) is 0 Å². The lowest BCUT2D eigenvalue weighted by molar-refractivity contribution is 0.416. The van der Waals surface area contributed by atoms with E-state index in [1.807, 2.05) is 12.1 Å². The van der Waals surface area contributed by atoms with Crippen molar-refractivity contribution in [2.75, 3.05) is 0 Å². The molecule has 0 bridgehead atoms. The Bertz CT molecular complexity index is 620. The van der Waals surface area contributed by atoms with Crippen LogP contribution in [0.5, 0.6) is 11.6 Å². The van der Waals surface area contributed by atoms with Gasteiger partial charge in [-0.1, -0.05) is 6.07 Å². The number of pyridine rings is 1. The summed E-state index contributed by atoms with van der Waals surface area (Å²) in [5, 5.41) is 3.38. The summed E-state index contributed by atoms with van der Waals surface area (Å²) in [5.41, 5.74) is 1.49. The molecule has 4 heteroatoms. The van der Waals surface area contributed by atoms with Gasteiger partial charge in [-0.05, 0) is 57.5 Å². The second kappa shape index (κ2) is 6.22. The standard InChI is InChI=1S/C17H21FN2O/c1-12-10-14(8-9-15(12)18)21-16-7-5-6-13(20-16)11-19-17(2,3)4/h5-10,19H,11H2,1-4H3. The molecule has 0 aliphatic carbocycles. The van der Waals surface area contributed by atoms with Crippen LogP contribution in [-0.4, -0.2) is 10.5 Å². The van der Waals surface area contributed by atoms with Crippen LogP contribution in [0.4, 0.5) is 4.39 Å². The van der Waals surface area contributed by atoms with E-state index in [2.05, 4.69) is 31.1 Å². The first-order valence-electron chi connectivity index (χ1n) is 6.98. The Hall–Kier alpha value is -1.94. The minimum Gasteiger partial charge on any atom is -0.439 e. The highest BCUT2D eigenvalue weighted by Crippen LogP contribution is 2.22. The van der Waals surface area contributed by atoms with Gasteiger partial charge in [-0.25, -0.2) is 9.37 Å². The number of aryl methyl sites for hydroxylation is 1. The highest BCUT2D eigenvalue weighted by molar-refractivity contribution is 5.32. The highest BCUT2D eigenvalue weighted by Gasteiger charge is 2.09. The Labute approximate surface area is 125 Å². The van der Waals surface area contributed by atoms with Gasteiger partial charge in [-0.2, -0.15) is 0 Å². The molecule has 3 nitrogen and oxygen atoms in total. The number of hydrogen-bond acceptors (Lipinski definition) is 3. The molecule has 0 unspecified atom stereocenters. The number of nitrogens with zero attached hydrogens (tertiary/aromatic N) is 1. The van der Waals surface area contributed by atoms with E-state index in [4.69, 9.17) is 4.74 Å². The van der Waals surface area contributed by atoms with Gasteiger partial charge in [0.25, 0.3) is 0 Å². The molecule has 1 N–H and O–H groups in total. The number of nitrogens with one attached hydrogen (secondary N) is 1. The fraction of sp³-hybridized carbons (Fsp3) is 0.353. The summed E-state index contributed by atoms with van der Waals surface area (Å²) in [6, 6.07) is 10.3. The predicted molar refractivity (Wildman–Crippen MR) is 82.0 cm³/mol. The predicted octanol–water partition coefficient (Wildman–Crippen LogP) is 4.21. The third-order valence-corrected chi connectivity index (χ3v) is 2.93. The lowest BCUT2D eigenvalue weighted by Gasteiger charge is -2.20. The molecule has 0 aliphatic rings. The van der Waals surface area contributed by atoms with Crippen LogP contribution in [0.25, 0.3) is 0 Å². The zero-order valence-electron chi connectivity index (χ0n) is 12.9. The lowest BCUT2D eigenvalue weighted by Crippen LogP contribution is -2.35. The van der Waals surface area contributed by atoms with Crippen molar-refractivity contribution in [3.05, 3.63) is 53.5 Å². The molecule has 0 radical (unpaired) electrons. The van der Waals surface area contributed by atoms with Crippen LogP contribution in [0, 0.1) is 12.7 Å². The van der Waals surface area contributed by atoms with E-state index < -0.39 is 0 Å². The van der Waals surface area contributed by atoms with Crippen molar-refractivity contribution in [2.24, 2.45) is 0 Å². The Morgan fingerprint density at radius 2 is 1.95 bits per heavy atom. The number of aromatic nitrogens is 1. The van der Waals surface area contributed by atoms with E-state index in [1.54, 1.807) is 25.1 Å². The summed E-state index contributed by atoms with van der Waals surface area (Å²) in [4.78, 5) is 4.44. The van der Waals surface area contributed by atoms with Crippen molar-refractivity contribution in [2.45, 2.75) is 39.8 Å². The van der Waals surface area contributed by atoms with Crippen LogP contribution >= 0.6 is 0 Å². The van der Waals surface area contributed by atoms with Crippen LogP contribution in [0.15, 0.2) is 36.4 Å². The van der Waals surface area contributed by atoms with E-state index in [1.165, 1.54) is 6.07 Å². The van der Waals surface area contributed by atoms with Gasteiger partial charge in [0, 0.05) is 18.2 Å². The molecule has 2 rings (SSSR count). The van der Waals surface area contributed by atoms with Crippen molar-refractivity contribution >= 4 is 0 Å². The highest BCUT2D eigenvalue weighted by atomic mass is 19.1. The maximum Gasteiger partial charge on any atom is 0.219 e. The van der Waals surface area contributed by atoms with Crippen LogP contribution in [-0.2, 0) is 6.54 Å². The van der Waals surface area contributed by atoms with Crippen LogP contribution < -0.4 is 10.1 Å². The molecule has 1 aromatic heterocycles. The first-order valence-corrected chi connectivity index (χ1v) is 6.98. The second-order valence-electron chi connectivity index (χ2n) is 6.08. The normalized spacial score (nSPS) is 11.5. The molecule has 0 aliphatic heterocycles. The zero-order valence-corrected chi connectivity index (χ0v) is 12.9. The summed E-state index contributed by atoms with van der Waals surface area (Å²) in [5.74, 6) is 0.856. The summed E-state index contributed by atoms with van der Waals surface area (Å²) in [6.45, 7) is 8.69. The molecule has 1 aromatic carbocycles. The van der Waals surface area contributed by atoms with Gasteiger partial charge < -0.3 is 10.1 Å². The minimum absolute atomic E-state index is 0.0343. The van der Waals surface area contributed by atoms with Gasteiger partial charge in [-0.15, -0.1) is 0 Å². The number of ether oxygens (including phenoxy) is 1. The molecule has 112 valence electrons. The van der Waals surface area contributed by atoms with Crippen molar-refractivity contribution in [1.82, 2.24) is 10.3 Å². The largest absolute Gasteiger partial charge is 0.439 e. The minimum atomic E-state index is -0.238. The summed E-state index contributed by atoms with van der Waals surface area (Å²) in [7, 11) is 0. The second-order valence-corrected chi connectivity index (χ2v) is 6.08. The van der Waals surface area contributed by atoms with Gasteiger partial charge in [0.1, 0.15) is 11.6 Å². The van der Waals surface area contributed by atoms with Crippen molar-refractivity contribution in [1.29, 1.82) is 0 Å². The fourth-order valence-corrected chi connectivity index (χ4v) is 1.77. The molecular weight excluding hydrogens is 267 g/mol. The summed E-state index contributed by atoms with van der Waals surface area (Å²) >= 11 is 0. The molecule has 2 aromatic rings. The van der Waals surface area contributed by atoms with E-state index in [-0.39, 0.29) is 11.4 Å². The average Bonchev–Trinajstić information content (AvgIpc) is 2.40. The molecule has 0 saturated carbocycles. The first kappa shape index (κ1) is 15.4. The SMILES string of the molecule is Cc1cc(Oc2cccc(CNC(C)(C)C)n2)ccc1F. The molecule has 1 heterocycles. The molecule has 0 spiro atoms. The number of benzene rings is 1. The van der Waals surface area contributed by atoms with Gasteiger partial charge in [0.05, 0.1) is 5.69 Å². The monoisotopic (exact) mass is 288 g/mol. The van der Waals surface area contributed by atoms with E-state index in [9.17, 15) is 4.39 Å². The molecule has 0 amide bonds. The van der Waals surface area contributed by atoms with Crippen LogP contribution in [0.3, 0.4) is 0 Å². The first-order chi connectivity index (χ1) is 9.83. The van der Waals surface area contributed by atoms with E-state index in [0.717, 1.165) is 5.69 Å². The smallest absolute Gasteiger partial charge is 0.219 e. The summed E-state index contributed by atoms with van der Waals surface area (Å²) in [6.07, 6.45) is 0. The van der Waals surface area contributed by atoms with Gasteiger partial charge in [0.2, 0.25) is 5.88 Å². The van der Waals surface area contributed by atoms with Crippen molar-refractivity contribution < 1.29 is 9.13 Å². The average molecular weight is 288 g/mol. The topological polar surface area (TPSA) is 34.1 Å². The molecule has 0 atom stereocenters. The third kappa shape index (κ3) is 4.83. The molecule has 0 saturated heterocycles. The fourth-order valence-electron chi connectivity index (χ4n) is 1.77. The summed E-state index contributed by atoms with van der Waals surface area (Å²) < 4.78 is 18.9. The van der Waals surface area contributed by atoms with Gasteiger partial charge >= 0.3 is 0 Å². The lowest BCUT2D eigenvalue weighted by atomic mass is 10.1. The Balaban J connectivity index is 2.08. The molecular formula is C17H21FN2O. The van der Waals surface area contributed by atoms with Crippen LogP contribution in [0.2, 0.25) is 0 Å². The Morgan fingerprint density at radius 1 is 1.19 bits per heavy atom. The van der Waals surface area contributed by atoms with Crippen molar-refractivity contribution in [3.8, 4) is 11.6 Å². The zero-order chi connectivity index (χ0) is 15.5. The van der Waals surface area contributed by atoms with E-state index in [0.29, 0.717) is 23.7 Å². The maximum absolute atomic E-state index is 13.2.